The fourth-order valence-electron chi connectivity index (χ4n) is 2.20. The van der Waals surface area contributed by atoms with E-state index < -0.39 is 0 Å². The lowest BCUT2D eigenvalue weighted by Gasteiger charge is -2.14. The maximum absolute atomic E-state index is 12.8. The fraction of sp³-hybridized carbons (Fsp3) is 0.400. The zero-order valence-electron chi connectivity index (χ0n) is 12.0. The van der Waals surface area contributed by atoms with Gasteiger partial charge in [-0.05, 0) is 38.0 Å². The summed E-state index contributed by atoms with van der Waals surface area (Å²) in [6.45, 7) is 4.73. The second-order valence-corrected chi connectivity index (χ2v) is 5.45. The van der Waals surface area contributed by atoms with E-state index in [0.29, 0.717) is 11.7 Å². The number of aryl methyl sites for hydroxylation is 2. The van der Waals surface area contributed by atoms with Crippen LogP contribution in [0.1, 0.15) is 23.7 Å². The zero-order chi connectivity index (χ0) is 14.7. The van der Waals surface area contributed by atoms with Gasteiger partial charge < -0.3 is 5.32 Å². The minimum absolute atomic E-state index is 0.202. The van der Waals surface area contributed by atoms with Crippen molar-refractivity contribution < 1.29 is 4.39 Å². The molecule has 20 heavy (non-hydrogen) atoms. The molecular formula is C15H19ClFN3. The van der Waals surface area contributed by atoms with Gasteiger partial charge in [0.2, 0.25) is 0 Å². The first-order chi connectivity index (χ1) is 9.47. The summed E-state index contributed by atoms with van der Waals surface area (Å²) in [6, 6.07) is 6.89. The monoisotopic (exact) mass is 295 g/mol. The maximum atomic E-state index is 12.8. The first kappa shape index (κ1) is 15.0. The lowest BCUT2D eigenvalue weighted by molar-refractivity contribution is 0.543. The van der Waals surface area contributed by atoms with Crippen LogP contribution in [0.2, 0.25) is 5.15 Å². The average molecular weight is 296 g/mol. The summed E-state index contributed by atoms with van der Waals surface area (Å²) in [5, 5.41) is 8.38. The van der Waals surface area contributed by atoms with Gasteiger partial charge in [-0.25, -0.2) is 4.39 Å². The van der Waals surface area contributed by atoms with E-state index in [2.05, 4.69) is 17.3 Å². The van der Waals surface area contributed by atoms with Gasteiger partial charge in [0.1, 0.15) is 11.0 Å². The third-order valence-electron chi connectivity index (χ3n) is 3.35. The molecule has 1 unspecified atom stereocenters. The smallest absolute Gasteiger partial charge is 0.131 e. The molecule has 0 aliphatic heterocycles. The number of hydrogen-bond donors (Lipinski definition) is 1. The largest absolute Gasteiger partial charge is 0.310 e. The summed E-state index contributed by atoms with van der Waals surface area (Å²) >= 11 is 6.19. The van der Waals surface area contributed by atoms with Crippen molar-refractivity contribution in [1.29, 1.82) is 0 Å². The Hall–Kier alpha value is -1.39. The second kappa shape index (κ2) is 6.37. The molecule has 0 spiro atoms. The summed E-state index contributed by atoms with van der Waals surface area (Å²) in [5.74, 6) is -0.202. The summed E-state index contributed by atoms with van der Waals surface area (Å²) in [5.41, 5.74) is 3.08. The van der Waals surface area contributed by atoms with Gasteiger partial charge in [0.05, 0.1) is 5.69 Å². The predicted molar refractivity (Wildman–Crippen MR) is 79.4 cm³/mol. The Labute approximate surface area is 123 Å². The SMILES string of the molecule is Cc1nn(C)c(Cl)c1CNC(C)Cc1ccc(F)cc1. The molecule has 0 aliphatic rings. The molecule has 0 radical (unpaired) electrons. The molecule has 0 bridgehead atoms. The second-order valence-electron chi connectivity index (χ2n) is 5.09. The molecule has 1 aromatic heterocycles. The van der Waals surface area contributed by atoms with E-state index in [9.17, 15) is 4.39 Å². The van der Waals surface area contributed by atoms with Gasteiger partial charge in [-0.15, -0.1) is 0 Å². The van der Waals surface area contributed by atoms with Crippen LogP contribution < -0.4 is 5.32 Å². The van der Waals surface area contributed by atoms with E-state index in [-0.39, 0.29) is 11.9 Å². The topological polar surface area (TPSA) is 29.9 Å². The van der Waals surface area contributed by atoms with E-state index in [1.54, 1.807) is 4.68 Å². The minimum Gasteiger partial charge on any atom is -0.310 e. The molecule has 1 heterocycles. The molecule has 0 amide bonds. The van der Waals surface area contributed by atoms with Crippen LogP contribution in [0.15, 0.2) is 24.3 Å². The van der Waals surface area contributed by atoms with Crippen molar-refractivity contribution in [2.24, 2.45) is 7.05 Å². The van der Waals surface area contributed by atoms with Crippen molar-refractivity contribution >= 4 is 11.6 Å². The Morgan fingerprint density at radius 3 is 2.55 bits per heavy atom. The van der Waals surface area contributed by atoms with E-state index in [1.165, 1.54) is 12.1 Å². The van der Waals surface area contributed by atoms with E-state index in [1.807, 2.05) is 26.1 Å². The standard InChI is InChI=1S/C15H19ClFN3/c1-10(8-12-4-6-13(17)7-5-12)18-9-14-11(2)19-20(3)15(14)16/h4-7,10,18H,8-9H2,1-3H3. The van der Waals surface area contributed by atoms with Gasteiger partial charge in [-0.3, -0.25) is 4.68 Å². The number of nitrogens with zero attached hydrogens (tertiary/aromatic N) is 2. The molecule has 1 atom stereocenters. The molecule has 5 heteroatoms. The highest BCUT2D eigenvalue weighted by atomic mass is 35.5. The Balaban J connectivity index is 1.92. The Bertz CT molecular complexity index is 578. The van der Waals surface area contributed by atoms with Crippen molar-refractivity contribution in [3.63, 3.8) is 0 Å². The Morgan fingerprint density at radius 1 is 1.35 bits per heavy atom. The minimum atomic E-state index is -0.202. The van der Waals surface area contributed by atoms with Crippen molar-refractivity contribution in [3.05, 3.63) is 52.1 Å². The fourth-order valence-corrected chi connectivity index (χ4v) is 2.44. The van der Waals surface area contributed by atoms with Gasteiger partial charge in [0.15, 0.2) is 0 Å². The first-order valence-electron chi connectivity index (χ1n) is 6.63. The normalized spacial score (nSPS) is 12.7. The molecule has 2 aromatic rings. The van der Waals surface area contributed by atoms with Crippen LogP contribution in [-0.4, -0.2) is 15.8 Å². The zero-order valence-corrected chi connectivity index (χ0v) is 12.7. The van der Waals surface area contributed by atoms with E-state index in [4.69, 9.17) is 11.6 Å². The third-order valence-corrected chi connectivity index (χ3v) is 3.83. The van der Waals surface area contributed by atoms with Gasteiger partial charge in [0.25, 0.3) is 0 Å². The van der Waals surface area contributed by atoms with Crippen molar-refractivity contribution in [2.75, 3.05) is 0 Å². The molecular weight excluding hydrogens is 277 g/mol. The molecule has 2 rings (SSSR count). The lowest BCUT2D eigenvalue weighted by atomic mass is 10.1. The molecule has 108 valence electrons. The molecule has 3 nitrogen and oxygen atoms in total. The van der Waals surface area contributed by atoms with Gasteiger partial charge in [-0.2, -0.15) is 5.10 Å². The number of aromatic nitrogens is 2. The van der Waals surface area contributed by atoms with Crippen LogP contribution in [-0.2, 0) is 20.0 Å². The van der Waals surface area contributed by atoms with Crippen molar-refractivity contribution in [2.45, 2.75) is 32.9 Å². The van der Waals surface area contributed by atoms with Crippen LogP contribution in [0, 0.1) is 12.7 Å². The lowest BCUT2D eigenvalue weighted by Crippen LogP contribution is -2.27. The molecule has 0 aliphatic carbocycles. The number of halogens is 2. The number of rotatable bonds is 5. The Morgan fingerprint density at radius 2 is 2.00 bits per heavy atom. The van der Waals surface area contributed by atoms with Crippen LogP contribution in [0.4, 0.5) is 4.39 Å². The highest BCUT2D eigenvalue weighted by Gasteiger charge is 2.12. The molecule has 0 saturated heterocycles. The molecule has 1 aromatic carbocycles. The quantitative estimate of drug-likeness (QED) is 0.918. The summed E-state index contributed by atoms with van der Waals surface area (Å²) in [4.78, 5) is 0. The highest BCUT2D eigenvalue weighted by molar-refractivity contribution is 6.30. The van der Waals surface area contributed by atoms with Crippen LogP contribution in [0.25, 0.3) is 0 Å². The van der Waals surface area contributed by atoms with Crippen LogP contribution in [0.3, 0.4) is 0 Å². The van der Waals surface area contributed by atoms with Crippen LogP contribution >= 0.6 is 11.6 Å². The average Bonchev–Trinajstić information content (AvgIpc) is 2.64. The van der Waals surface area contributed by atoms with Gasteiger partial charge in [0, 0.05) is 25.2 Å². The predicted octanol–water partition coefficient (Wildman–Crippen LogP) is 3.24. The van der Waals surface area contributed by atoms with Gasteiger partial charge in [-0.1, -0.05) is 23.7 Å². The summed E-state index contributed by atoms with van der Waals surface area (Å²) in [7, 11) is 1.83. The van der Waals surface area contributed by atoms with E-state index >= 15 is 0 Å². The van der Waals surface area contributed by atoms with E-state index in [0.717, 1.165) is 23.2 Å². The summed E-state index contributed by atoms with van der Waals surface area (Å²) < 4.78 is 14.5. The van der Waals surface area contributed by atoms with Crippen LogP contribution in [0.5, 0.6) is 0 Å². The van der Waals surface area contributed by atoms with Crippen molar-refractivity contribution in [3.8, 4) is 0 Å². The Kier molecular flexibility index (Phi) is 4.78. The van der Waals surface area contributed by atoms with Gasteiger partial charge >= 0.3 is 0 Å². The molecule has 0 saturated carbocycles. The first-order valence-corrected chi connectivity index (χ1v) is 7.01. The number of benzene rings is 1. The third kappa shape index (κ3) is 3.58. The molecule has 1 N–H and O–H groups in total. The highest BCUT2D eigenvalue weighted by Crippen LogP contribution is 2.18. The number of hydrogen-bond acceptors (Lipinski definition) is 2. The molecule has 0 fully saturated rings. The summed E-state index contributed by atoms with van der Waals surface area (Å²) in [6.07, 6.45) is 0.844. The van der Waals surface area contributed by atoms with Crippen molar-refractivity contribution in [1.82, 2.24) is 15.1 Å². The number of nitrogens with one attached hydrogen (secondary N) is 1. The maximum Gasteiger partial charge on any atom is 0.131 e.